The predicted octanol–water partition coefficient (Wildman–Crippen LogP) is 1.94. The lowest BCUT2D eigenvalue weighted by molar-refractivity contribution is -0.120. The zero-order valence-corrected chi connectivity index (χ0v) is 19.3. The third-order valence-electron chi connectivity index (χ3n) is 6.00. The number of carbonyl (C=O) groups is 2. The van der Waals surface area contributed by atoms with Gasteiger partial charge in [-0.15, -0.1) is 0 Å². The number of anilines is 1. The summed E-state index contributed by atoms with van der Waals surface area (Å²) in [6.45, 7) is 1.22. The highest BCUT2D eigenvalue weighted by atomic mass is 32.2. The molecule has 176 valence electrons. The number of ether oxygens (including phenoxy) is 2. The van der Waals surface area contributed by atoms with Crippen LogP contribution in [-0.2, 0) is 21.2 Å². The molecule has 0 unspecified atom stereocenters. The molecule has 0 atom stereocenters. The van der Waals surface area contributed by atoms with Gasteiger partial charge < -0.3 is 20.1 Å². The number of benzene rings is 2. The maximum atomic E-state index is 13.0. The minimum absolute atomic E-state index is 0.122. The topological polar surface area (TPSA) is 119 Å². The molecule has 2 heterocycles. The van der Waals surface area contributed by atoms with E-state index in [1.54, 1.807) is 29.2 Å². The second kappa shape index (κ2) is 9.40. The van der Waals surface area contributed by atoms with E-state index in [0.717, 1.165) is 24.8 Å². The number of primary amides is 1. The first-order valence-corrected chi connectivity index (χ1v) is 12.3. The number of sulfonamides is 1. The molecule has 2 aromatic carbocycles. The Bertz CT molecular complexity index is 1170. The van der Waals surface area contributed by atoms with Crippen LogP contribution in [0.3, 0.4) is 0 Å². The number of rotatable bonds is 7. The molecular weight excluding hydrogens is 446 g/mol. The first kappa shape index (κ1) is 23.1. The van der Waals surface area contributed by atoms with Crippen LogP contribution in [-0.4, -0.2) is 57.9 Å². The van der Waals surface area contributed by atoms with Crippen molar-refractivity contribution in [2.24, 2.45) is 5.73 Å². The Labute approximate surface area is 193 Å². The van der Waals surface area contributed by atoms with Gasteiger partial charge in [0, 0.05) is 25.3 Å². The summed E-state index contributed by atoms with van der Waals surface area (Å²) in [7, 11) is -2.06. The largest absolute Gasteiger partial charge is 0.497 e. The van der Waals surface area contributed by atoms with E-state index in [2.05, 4.69) is 0 Å². The summed E-state index contributed by atoms with van der Waals surface area (Å²) in [5.41, 5.74) is 7.01. The van der Waals surface area contributed by atoms with Gasteiger partial charge in [0.2, 0.25) is 10.0 Å². The number of hydrogen-bond acceptors (Lipinski definition) is 6. The normalized spacial score (nSPS) is 16.3. The van der Waals surface area contributed by atoms with E-state index >= 15 is 0 Å². The molecule has 2 aliphatic rings. The summed E-state index contributed by atoms with van der Waals surface area (Å²) < 4.78 is 38.2. The molecular formula is C23H27N3O6S. The number of nitrogens with two attached hydrogens (primary N) is 1. The lowest BCUT2D eigenvalue weighted by Crippen LogP contribution is -2.35. The maximum absolute atomic E-state index is 13.0. The summed E-state index contributed by atoms with van der Waals surface area (Å²) in [4.78, 5) is 26.4. The Morgan fingerprint density at radius 2 is 1.79 bits per heavy atom. The van der Waals surface area contributed by atoms with Crippen LogP contribution >= 0.6 is 0 Å². The van der Waals surface area contributed by atoms with E-state index in [9.17, 15) is 18.0 Å². The van der Waals surface area contributed by atoms with Gasteiger partial charge in [-0.1, -0.05) is 6.42 Å². The van der Waals surface area contributed by atoms with Crippen LogP contribution in [0.1, 0.15) is 35.2 Å². The van der Waals surface area contributed by atoms with Crippen molar-refractivity contribution in [1.82, 2.24) is 4.31 Å². The van der Waals surface area contributed by atoms with Gasteiger partial charge in [0.25, 0.3) is 11.8 Å². The van der Waals surface area contributed by atoms with E-state index in [0.29, 0.717) is 37.5 Å². The number of nitrogens with zero attached hydrogens (tertiary/aromatic N) is 2. The fourth-order valence-corrected chi connectivity index (χ4v) is 5.79. The fraction of sp³-hybridized carbons (Fsp3) is 0.391. The summed E-state index contributed by atoms with van der Waals surface area (Å²) in [5.74, 6) is -0.345. The molecule has 0 bridgehead atoms. The second-order valence-corrected chi connectivity index (χ2v) is 10.0. The lowest BCUT2D eigenvalue weighted by atomic mass is 10.2. The Morgan fingerprint density at radius 3 is 2.48 bits per heavy atom. The molecule has 0 spiro atoms. The molecule has 10 heteroatoms. The van der Waals surface area contributed by atoms with Crippen molar-refractivity contribution in [1.29, 1.82) is 0 Å². The molecule has 2 aromatic rings. The monoisotopic (exact) mass is 473 g/mol. The maximum Gasteiger partial charge on any atom is 0.264 e. The lowest BCUT2D eigenvalue weighted by Gasteiger charge is -2.26. The molecule has 1 fully saturated rings. The third-order valence-corrected chi connectivity index (χ3v) is 7.90. The second-order valence-electron chi connectivity index (χ2n) is 8.07. The Kier molecular flexibility index (Phi) is 6.57. The van der Waals surface area contributed by atoms with Crippen LogP contribution in [0.2, 0.25) is 0 Å². The van der Waals surface area contributed by atoms with E-state index in [1.807, 2.05) is 0 Å². The third kappa shape index (κ3) is 4.67. The highest BCUT2D eigenvalue weighted by Gasteiger charge is 2.30. The predicted molar refractivity (Wildman–Crippen MR) is 122 cm³/mol. The minimum atomic E-state index is -3.54. The van der Waals surface area contributed by atoms with E-state index in [-0.39, 0.29) is 28.7 Å². The summed E-state index contributed by atoms with van der Waals surface area (Å²) in [5, 5.41) is 0. The Hall–Kier alpha value is -3.11. The van der Waals surface area contributed by atoms with Gasteiger partial charge in [-0.3, -0.25) is 9.59 Å². The van der Waals surface area contributed by atoms with Crippen LogP contribution < -0.4 is 20.1 Å². The van der Waals surface area contributed by atoms with Crippen LogP contribution in [0.15, 0.2) is 41.3 Å². The van der Waals surface area contributed by atoms with Crippen molar-refractivity contribution in [2.75, 3.05) is 38.3 Å². The molecule has 2 N–H and O–H groups in total. The molecule has 2 aliphatic heterocycles. The van der Waals surface area contributed by atoms with Crippen molar-refractivity contribution < 1.29 is 27.5 Å². The molecule has 4 rings (SSSR count). The van der Waals surface area contributed by atoms with Gasteiger partial charge in [0.05, 0.1) is 17.6 Å². The number of amides is 2. The smallest absolute Gasteiger partial charge is 0.264 e. The SMILES string of the molecule is COc1ccc(OCC(=O)N2CCc3cc(S(=O)(=O)N4CCCCC4)ccc32)c(C(N)=O)c1. The van der Waals surface area contributed by atoms with Gasteiger partial charge in [-0.25, -0.2) is 8.42 Å². The van der Waals surface area contributed by atoms with E-state index in [1.165, 1.54) is 23.5 Å². The highest BCUT2D eigenvalue weighted by molar-refractivity contribution is 7.89. The van der Waals surface area contributed by atoms with Crippen molar-refractivity contribution in [3.8, 4) is 11.5 Å². The molecule has 33 heavy (non-hydrogen) atoms. The quantitative estimate of drug-likeness (QED) is 0.656. The van der Waals surface area contributed by atoms with Crippen LogP contribution in [0.5, 0.6) is 11.5 Å². The van der Waals surface area contributed by atoms with Crippen molar-refractivity contribution >= 4 is 27.5 Å². The standard InChI is InChI=1S/C23H27N3O6S/c1-31-17-5-8-21(19(14-17)23(24)28)32-15-22(27)26-12-9-16-13-18(6-7-20(16)26)33(29,30)25-10-3-2-4-11-25/h5-8,13-14H,2-4,9-12,15H2,1H3,(H2,24,28). The van der Waals surface area contributed by atoms with Crippen LogP contribution in [0.25, 0.3) is 0 Å². The van der Waals surface area contributed by atoms with E-state index < -0.39 is 15.9 Å². The van der Waals surface area contributed by atoms with Gasteiger partial charge in [0.1, 0.15) is 11.5 Å². The Morgan fingerprint density at radius 1 is 1.03 bits per heavy atom. The van der Waals surface area contributed by atoms with Gasteiger partial charge in [-0.2, -0.15) is 4.31 Å². The van der Waals surface area contributed by atoms with Crippen LogP contribution in [0, 0.1) is 0 Å². The molecule has 2 amide bonds. The summed E-state index contributed by atoms with van der Waals surface area (Å²) in [6.07, 6.45) is 3.35. The van der Waals surface area contributed by atoms with Gasteiger partial charge in [-0.05, 0) is 61.2 Å². The average molecular weight is 474 g/mol. The van der Waals surface area contributed by atoms with Crippen molar-refractivity contribution in [3.63, 3.8) is 0 Å². The van der Waals surface area contributed by atoms with Crippen molar-refractivity contribution in [3.05, 3.63) is 47.5 Å². The fourth-order valence-electron chi connectivity index (χ4n) is 4.22. The average Bonchev–Trinajstić information content (AvgIpc) is 3.26. The highest BCUT2D eigenvalue weighted by Crippen LogP contribution is 2.32. The summed E-state index contributed by atoms with van der Waals surface area (Å²) >= 11 is 0. The molecule has 0 radical (unpaired) electrons. The molecule has 0 aromatic heterocycles. The molecule has 1 saturated heterocycles. The Balaban J connectivity index is 1.47. The first-order valence-electron chi connectivity index (χ1n) is 10.9. The zero-order chi connectivity index (χ0) is 23.6. The van der Waals surface area contributed by atoms with Crippen LogP contribution in [0.4, 0.5) is 5.69 Å². The molecule has 9 nitrogen and oxygen atoms in total. The van der Waals surface area contributed by atoms with Crippen molar-refractivity contribution in [2.45, 2.75) is 30.6 Å². The van der Waals surface area contributed by atoms with Gasteiger partial charge in [0.15, 0.2) is 6.61 Å². The summed E-state index contributed by atoms with van der Waals surface area (Å²) in [6, 6.07) is 9.51. The number of fused-ring (bicyclic) bond motifs is 1. The first-order chi connectivity index (χ1) is 15.8. The number of hydrogen-bond donors (Lipinski definition) is 1. The molecule has 0 aliphatic carbocycles. The number of carbonyl (C=O) groups excluding carboxylic acids is 2. The number of methoxy groups -OCH3 is 1. The molecule has 0 saturated carbocycles. The number of piperidine rings is 1. The van der Waals surface area contributed by atoms with E-state index in [4.69, 9.17) is 15.2 Å². The minimum Gasteiger partial charge on any atom is -0.497 e. The zero-order valence-electron chi connectivity index (χ0n) is 18.5. The van der Waals surface area contributed by atoms with Gasteiger partial charge >= 0.3 is 0 Å².